The smallest absolute Gasteiger partial charge is 0.188 e. The summed E-state index contributed by atoms with van der Waals surface area (Å²) in [7, 11) is 0. The van der Waals surface area contributed by atoms with Gasteiger partial charge in [0.1, 0.15) is 0 Å². The highest BCUT2D eigenvalue weighted by molar-refractivity contribution is 5.56. The molecule has 0 N–H and O–H groups in total. The molecule has 0 spiro atoms. The van der Waals surface area contributed by atoms with Crippen molar-refractivity contribution in [3.8, 4) is 48.6 Å². The molecule has 11 nitrogen and oxygen atoms in total. The van der Waals surface area contributed by atoms with Crippen molar-refractivity contribution in [3.63, 3.8) is 0 Å². The van der Waals surface area contributed by atoms with E-state index in [4.69, 9.17) is 55.2 Å². The average molecular weight is 1150 g/mol. The van der Waals surface area contributed by atoms with Crippen molar-refractivity contribution in [2.24, 2.45) is 0 Å². The summed E-state index contributed by atoms with van der Waals surface area (Å²) in [5.74, 6) is 0. The van der Waals surface area contributed by atoms with Crippen LogP contribution in [0.1, 0.15) is 122 Å². The summed E-state index contributed by atoms with van der Waals surface area (Å²) >= 11 is 0. The van der Waals surface area contributed by atoms with E-state index in [9.17, 15) is 0 Å². The molecule has 0 atom stereocenters. The number of pyridine rings is 1. The molecule has 1 heterocycles. The van der Waals surface area contributed by atoms with Crippen LogP contribution in [0, 0.1) is 201 Å². The van der Waals surface area contributed by atoms with Gasteiger partial charge in [-0.25, -0.2) is 9.69 Å². The van der Waals surface area contributed by atoms with E-state index in [1.165, 1.54) is 33.4 Å². The topological polar surface area (TPSA) is 212 Å². The Morgan fingerprint density at radius 2 is 0.739 bits per heavy atom. The zero-order chi connectivity index (χ0) is 66.1. The fourth-order valence-electron chi connectivity index (χ4n) is 7.18. The Bertz CT molecular complexity index is 4080. The van der Waals surface area contributed by atoms with E-state index in [-0.39, 0.29) is 0 Å². The first-order valence-corrected chi connectivity index (χ1v) is 27.4. The number of nitrogens with zero attached hydrogens (tertiary/aromatic N) is 11. The molecular formula is C77H71N11. The number of aromatic nitrogens is 1. The first-order chi connectivity index (χ1) is 42.0. The van der Waals surface area contributed by atoms with Crippen LogP contribution in [0.2, 0.25) is 0 Å². The van der Waals surface area contributed by atoms with Crippen LogP contribution in [0.25, 0.3) is 9.69 Å². The second-order valence-corrected chi connectivity index (χ2v) is 20.0. The number of hydrogen-bond acceptors (Lipinski definition) is 9. The van der Waals surface area contributed by atoms with Crippen LogP contribution in [0.15, 0.2) is 176 Å². The molecule has 0 unspecified atom stereocenters. The van der Waals surface area contributed by atoms with Gasteiger partial charge in [-0.05, 0) is 225 Å². The van der Waals surface area contributed by atoms with Gasteiger partial charge in [-0.2, -0.15) is 42.1 Å². The molecule has 8 aromatic carbocycles. The summed E-state index contributed by atoms with van der Waals surface area (Å²) in [6, 6.07) is 67.3. The highest BCUT2D eigenvalue weighted by atomic mass is 14.6. The molecule has 0 saturated heterocycles. The van der Waals surface area contributed by atoms with Gasteiger partial charge in [0.05, 0.1) is 101 Å². The third-order valence-electron chi connectivity index (χ3n) is 13.0. The third-order valence-corrected chi connectivity index (χ3v) is 13.0. The van der Waals surface area contributed by atoms with Gasteiger partial charge in [-0.15, -0.1) is 0 Å². The van der Waals surface area contributed by atoms with Crippen LogP contribution < -0.4 is 0 Å². The van der Waals surface area contributed by atoms with Gasteiger partial charge in [0.15, 0.2) is 11.4 Å². The Morgan fingerprint density at radius 3 is 1.19 bits per heavy atom. The van der Waals surface area contributed by atoms with E-state index in [0.717, 1.165) is 83.6 Å². The zero-order valence-electron chi connectivity index (χ0n) is 52.7. The van der Waals surface area contributed by atoms with Crippen LogP contribution >= 0.6 is 0 Å². The normalized spacial score (nSPS) is 8.68. The fourth-order valence-corrected chi connectivity index (χ4v) is 7.18. The van der Waals surface area contributed by atoms with Crippen molar-refractivity contribution in [1.82, 2.24) is 4.98 Å². The monoisotopic (exact) mass is 1150 g/mol. The molecule has 9 aromatic rings. The van der Waals surface area contributed by atoms with E-state index in [2.05, 4.69) is 69.3 Å². The van der Waals surface area contributed by atoms with Crippen LogP contribution in [0.4, 0.5) is 11.4 Å². The highest BCUT2D eigenvalue weighted by Crippen LogP contribution is 2.21. The lowest BCUT2D eigenvalue weighted by molar-refractivity contribution is 1.25. The molecule has 0 aliphatic rings. The van der Waals surface area contributed by atoms with Crippen molar-refractivity contribution >= 4 is 11.4 Å². The predicted octanol–water partition coefficient (Wildman–Crippen LogP) is 19.0. The molecule has 434 valence electrons. The third kappa shape index (κ3) is 28.2. The number of nitriles is 8. The maximum Gasteiger partial charge on any atom is 0.188 e. The van der Waals surface area contributed by atoms with Crippen molar-refractivity contribution < 1.29 is 0 Å². The first kappa shape index (κ1) is 73.8. The largest absolute Gasteiger partial charge is 0.264 e. The summed E-state index contributed by atoms with van der Waals surface area (Å²) < 4.78 is 0. The molecule has 0 radical (unpaired) electrons. The standard InChI is InChI=1S/C10H8N2.4C9H9N.3C8H7N.C7H6N2/c1-7-4-10(12-3)5-9(6-11)8(7)2;1-7-3-8(2)5-9(4-7)6-10;1-7-4-5-9(10-3)6-8(7)2;1-7-3-4-9(6-10)5-8(7)2;1-7-4-3-5-9(6-10)8(7)2;1-7-2-4-8(6-9)5-3-7;1-7-3-2-4-8(5-7)6-9;1-7-4-2-3-5-8(7)6-9;1-6-5-9-3-2-7(6)4-8/h4-5H,1-2H3;3-5H,1-2H3;4-6H,1-2H3;2*3-5H,1-2H3;3*2-5H,1H3;2-3,5H,1H3. The fraction of sp³-hybridized carbons (Fsp3) is 0.182. The van der Waals surface area contributed by atoms with Crippen LogP contribution in [0.5, 0.6) is 0 Å². The van der Waals surface area contributed by atoms with E-state index in [1.807, 2.05) is 230 Å². The van der Waals surface area contributed by atoms with Crippen LogP contribution in [-0.4, -0.2) is 4.98 Å². The second kappa shape index (κ2) is 40.9. The minimum absolute atomic E-state index is 0.537. The Kier molecular flexibility index (Phi) is 34.3. The quantitative estimate of drug-likeness (QED) is 0.132. The minimum Gasteiger partial charge on any atom is -0.264 e. The van der Waals surface area contributed by atoms with Crippen molar-refractivity contribution in [1.29, 1.82) is 42.1 Å². The van der Waals surface area contributed by atoms with Gasteiger partial charge in [-0.3, -0.25) is 4.98 Å². The van der Waals surface area contributed by atoms with Gasteiger partial charge in [-0.1, -0.05) is 113 Å². The zero-order valence-corrected chi connectivity index (χ0v) is 52.7. The minimum atomic E-state index is 0.537. The maximum atomic E-state index is 8.71. The van der Waals surface area contributed by atoms with E-state index in [1.54, 1.807) is 36.7 Å². The molecule has 11 heteroatoms. The number of aryl methyl sites for hydroxylation is 12. The summed E-state index contributed by atoms with van der Waals surface area (Å²) in [4.78, 5) is 10.4. The average Bonchev–Trinajstić information content (AvgIpc) is 3.40. The molecule has 0 bridgehead atoms. The number of rotatable bonds is 0. The maximum absolute atomic E-state index is 8.71. The Balaban J connectivity index is 0.000000496. The summed E-state index contributed by atoms with van der Waals surface area (Å²) in [6.07, 6.45) is 3.30. The Morgan fingerprint density at radius 1 is 0.284 bits per heavy atom. The molecule has 0 amide bonds. The van der Waals surface area contributed by atoms with E-state index < -0.39 is 0 Å². The van der Waals surface area contributed by atoms with Crippen molar-refractivity contribution in [3.05, 3.63) is 321 Å². The molecule has 0 aliphatic carbocycles. The molecule has 0 aliphatic heterocycles. The number of hydrogen-bond donors (Lipinski definition) is 0. The van der Waals surface area contributed by atoms with Gasteiger partial charge in [0.2, 0.25) is 0 Å². The predicted molar refractivity (Wildman–Crippen MR) is 352 cm³/mol. The lowest BCUT2D eigenvalue weighted by Crippen LogP contribution is -1.85. The summed E-state index contributed by atoms with van der Waals surface area (Å²) in [5, 5.41) is 68.0. The van der Waals surface area contributed by atoms with E-state index in [0.29, 0.717) is 16.8 Å². The lowest BCUT2D eigenvalue weighted by atomic mass is 10.0. The van der Waals surface area contributed by atoms with Crippen LogP contribution in [0.3, 0.4) is 0 Å². The molecule has 0 fully saturated rings. The first-order valence-electron chi connectivity index (χ1n) is 27.4. The molecular weight excluding hydrogens is 1080 g/mol. The van der Waals surface area contributed by atoms with Gasteiger partial charge >= 0.3 is 0 Å². The Labute approximate surface area is 522 Å². The second-order valence-electron chi connectivity index (χ2n) is 20.0. The molecule has 9 rings (SSSR count). The molecule has 88 heavy (non-hydrogen) atoms. The number of benzene rings is 8. The van der Waals surface area contributed by atoms with Crippen molar-refractivity contribution in [2.75, 3.05) is 0 Å². The van der Waals surface area contributed by atoms with Gasteiger partial charge in [0.25, 0.3) is 0 Å². The van der Waals surface area contributed by atoms with Gasteiger partial charge in [0, 0.05) is 18.0 Å². The molecule has 1 aromatic heterocycles. The SMILES string of the molecule is Cc1cc(C)cc(C#N)c1.Cc1ccc(C#N)cc1.Cc1ccc(C#N)cc1C.Cc1cccc(C#N)c1.Cc1cccc(C#N)c1C.Cc1ccccc1C#N.Cc1cnccc1C#N.[C-]#[N+]c1cc(C)c(C)c(C#N)c1.[C-]#[N+]c1ccc(C)c(C)c1. The van der Waals surface area contributed by atoms with E-state index >= 15 is 0 Å². The van der Waals surface area contributed by atoms with Crippen LogP contribution in [-0.2, 0) is 0 Å². The summed E-state index contributed by atoms with van der Waals surface area (Å²) in [5.41, 5.74) is 22.7. The lowest BCUT2D eigenvalue weighted by Gasteiger charge is -2.01. The van der Waals surface area contributed by atoms with Crippen molar-refractivity contribution in [2.45, 2.75) is 96.9 Å². The Hall–Kier alpha value is -12.2. The summed E-state index contributed by atoms with van der Waals surface area (Å²) in [6.45, 7) is 41.2. The highest BCUT2D eigenvalue weighted by Gasteiger charge is 2.03. The van der Waals surface area contributed by atoms with Gasteiger partial charge < -0.3 is 0 Å². The molecule has 0 saturated carbocycles.